The fourth-order valence-corrected chi connectivity index (χ4v) is 5.22. The molecule has 0 aromatic carbocycles. The summed E-state index contributed by atoms with van der Waals surface area (Å²) in [6.07, 6.45) is -8.81. The maximum atomic E-state index is 13.1. The van der Waals surface area contributed by atoms with E-state index in [9.17, 15) is 50.4 Å². The van der Waals surface area contributed by atoms with Gasteiger partial charge in [0, 0.05) is 51.3 Å². The smallest absolute Gasteiger partial charge is 0.333 e. The van der Waals surface area contributed by atoms with Gasteiger partial charge in [0.2, 0.25) is 17.7 Å². The van der Waals surface area contributed by atoms with Crippen LogP contribution < -0.4 is 4.84 Å². The van der Waals surface area contributed by atoms with Crippen molar-refractivity contribution in [1.29, 1.82) is 0 Å². The summed E-state index contributed by atoms with van der Waals surface area (Å²) in [5.74, 6) is -1.70. The number of carbonyl (C=O) groups is 2. The lowest BCUT2D eigenvalue weighted by Crippen LogP contribution is -2.57. The van der Waals surface area contributed by atoms with Crippen molar-refractivity contribution in [2.45, 2.75) is 127 Å². The Morgan fingerprint density at radius 1 is 0.681 bits per heavy atom. The molecule has 10 atom stereocenters. The first kappa shape index (κ1) is 38.9. The molecule has 0 radical (unpaired) electrons. The van der Waals surface area contributed by atoms with E-state index in [-0.39, 0.29) is 32.0 Å². The quantitative estimate of drug-likeness (QED) is 0.0822. The molecule has 3 rings (SSSR count). The number of aromatic nitrogens is 1. The van der Waals surface area contributed by atoms with E-state index in [0.29, 0.717) is 56.3 Å². The van der Waals surface area contributed by atoms with Crippen LogP contribution >= 0.6 is 0 Å². The van der Waals surface area contributed by atoms with Crippen molar-refractivity contribution in [3.8, 4) is 11.8 Å². The number of hydrogen-bond donors (Lipinski definition) is 8. The minimum absolute atomic E-state index is 0.0438. The first-order chi connectivity index (χ1) is 22.3. The second kappa shape index (κ2) is 18.8. The van der Waals surface area contributed by atoms with Gasteiger partial charge in [0.25, 0.3) is 0 Å². The van der Waals surface area contributed by atoms with E-state index in [1.165, 1.54) is 12.1 Å². The van der Waals surface area contributed by atoms with Crippen LogP contribution in [0.5, 0.6) is 11.8 Å². The Kier molecular flexibility index (Phi) is 15.6. The van der Waals surface area contributed by atoms with E-state index in [1.807, 2.05) is 0 Å². The van der Waals surface area contributed by atoms with Crippen molar-refractivity contribution >= 4 is 11.9 Å². The van der Waals surface area contributed by atoms with Crippen LogP contribution in [0.1, 0.15) is 65.2 Å². The van der Waals surface area contributed by atoms with E-state index in [1.54, 1.807) is 18.7 Å². The molecule has 1 aromatic heterocycles. The molecule has 2 aliphatic rings. The highest BCUT2D eigenvalue weighted by Gasteiger charge is 2.43. The number of hydrogen-bond acceptors (Lipinski definition) is 15. The van der Waals surface area contributed by atoms with Gasteiger partial charge in [-0.3, -0.25) is 4.79 Å². The van der Waals surface area contributed by atoms with Crippen LogP contribution in [0.25, 0.3) is 0 Å². The summed E-state index contributed by atoms with van der Waals surface area (Å²) < 4.78 is 22.6. The fourth-order valence-electron chi connectivity index (χ4n) is 5.22. The lowest BCUT2D eigenvalue weighted by Gasteiger charge is -2.39. The van der Waals surface area contributed by atoms with Crippen LogP contribution in [0.4, 0.5) is 0 Å². The predicted molar refractivity (Wildman–Crippen MR) is 159 cm³/mol. The van der Waals surface area contributed by atoms with Crippen LogP contribution in [-0.4, -0.2) is 150 Å². The Morgan fingerprint density at radius 2 is 1.13 bits per heavy atom. The molecule has 17 nitrogen and oxygen atoms in total. The third kappa shape index (κ3) is 11.2. The van der Waals surface area contributed by atoms with Crippen molar-refractivity contribution in [1.82, 2.24) is 9.63 Å². The molecule has 8 N–H and O–H groups in total. The predicted octanol–water partition coefficient (Wildman–Crippen LogP) is -1.51. The molecule has 47 heavy (non-hydrogen) atoms. The molecule has 3 heterocycles. The standard InChI is InChI=1S/C30H50N2O15/c1-17-23(37)25(39)27(41)29(45-17)43-15-7-5-13-31(14-6-8-16-44-30-28(42)26(40)24(38)18(2)46-30)19(33)9-3-4-10-22(36)47-32-20(34)11-12-21(32)35/h11-12,17-18,23-30,34-35,37-42H,3-10,13-16H2,1-2H3. The van der Waals surface area contributed by atoms with Crippen molar-refractivity contribution in [2.24, 2.45) is 0 Å². The zero-order valence-corrected chi connectivity index (χ0v) is 26.7. The molecule has 1 aromatic rings. The fraction of sp³-hybridized carbons (Fsp3) is 0.800. The molecule has 10 unspecified atom stereocenters. The van der Waals surface area contributed by atoms with E-state index in [2.05, 4.69) is 0 Å². The van der Waals surface area contributed by atoms with Gasteiger partial charge in [0.05, 0.1) is 12.2 Å². The SMILES string of the molecule is CC1OC(OCCCCN(CCCCOC2OC(C)C(O)C(O)C2O)C(=O)CCCCC(=O)On2c(O)ccc2O)C(O)C(O)C1O. The Labute approximate surface area is 272 Å². The second-order valence-electron chi connectivity index (χ2n) is 11.9. The topological polar surface area (TPSA) is 250 Å². The molecule has 2 fully saturated rings. The zero-order chi connectivity index (χ0) is 34.7. The van der Waals surface area contributed by atoms with Gasteiger partial charge in [0.1, 0.15) is 36.6 Å². The molecule has 0 aliphatic carbocycles. The summed E-state index contributed by atoms with van der Waals surface area (Å²) in [5, 5.41) is 79.0. The number of carbonyl (C=O) groups excluding carboxylic acids is 2. The lowest BCUT2D eigenvalue weighted by atomic mass is 10.0. The van der Waals surface area contributed by atoms with Crippen LogP contribution in [0.15, 0.2) is 12.1 Å². The highest BCUT2D eigenvalue weighted by molar-refractivity contribution is 5.76. The number of aliphatic hydroxyl groups excluding tert-OH is 6. The van der Waals surface area contributed by atoms with E-state index in [0.717, 1.165) is 0 Å². The first-order valence-electron chi connectivity index (χ1n) is 16.0. The van der Waals surface area contributed by atoms with Crippen LogP contribution in [-0.2, 0) is 28.5 Å². The number of ether oxygens (including phenoxy) is 4. The van der Waals surface area contributed by atoms with E-state index >= 15 is 0 Å². The molecule has 270 valence electrons. The third-order valence-electron chi connectivity index (χ3n) is 8.19. The zero-order valence-electron chi connectivity index (χ0n) is 26.7. The maximum absolute atomic E-state index is 13.1. The monoisotopic (exact) mass is 678 g/mol. The highest BCUT2D eigenvalue weighted by atomic mass is 16.7. The van der Waals surface area contributed by atoms with Gasteiger partial charge in [-0.2, -0.15) is 0 Å². The van der Waals surface area contributed by atoms with Crippen LogP contribution in [0, 0.1) is 0 Å². The number of aliphatic hydroxyl groups is 6. The van der Waals surface area contributed by atoms with Gasteiger partial charge in [-0.05, 0) is 52.4 Å². The molecule has 0 spiro atoms. The van der Waals surface area contributed by atoms with Crippen molar-refractivity contribution in [3.05, 3.63) is 12.1 Å². The summed E-state index contributed by atoms with van der Waals surface area (Å²) in [6, 6.07) is 2.33. The molecule has 0 saturated carbocycles. The van der Waals surface area contributed by atoms with Crippen molar-refractivity contribution in [2.75, 3.05) is 26.3 Å². The number of amides is 1. The number of unbranched alkanes of at least 4 members (excludes halogenated alkanes) is 3. The van der Waals surface area contributed by atoms with Gasteiger partial charge < -0.3 is 69.5 Å². The minimum atomic E-state index is -1.41. The van der Waals surface area contributed by atoms with Crippen LogP contribution in [0.3, 0.4) is 0 Å². The number of aromatic hydroxyl groups is 2. The Balaban J connectivity index is 1.42. The van der Waals surface area contributed by atoms with Gasteiger partial charge in [-0.1, -0.05) is 0 Å². The molecule has 2 saturated heterocycles. The highest BCUT2D eigenvalue weighted by Crippen LogP contribution is 2.23. The van der Waals surface area contributed by atoms with Gasteiger partial charge in [0.15, 0.2) is 12.6 Å². The number of nitrogens with zero attached hydrogens (tertiary/aromatic N) is 2. The maximum Gasteiger partial charge on any atom is 0.333 e. The van der Waals surface area contributed by atoms with Gasteiger partial charge in [-0.25, -0.2) is 4.79 Å². The summed E-state index contributed by atoms with van der Waals surface area (Å²) in [5.41, 5.74) is 0. The molecular formula is C30H50N2O15. The largest absolute Gasteiger partial charge is 0.492 e. The third-order valence-corrected chi connectivity index (χ3v) is 8.19. The average Bonchev–Trinajstić information content (AvgIpc) is 3.36. The van der Waals surface area contributed by atoms with Crippen molar-refractivity contribution in [3.63, 3.8) is 0 Å². The summed E-state index contributed by atoms with van der Waals surface area (Å²) in [4.78, 5) is 31.8. The average molecular weight is 679 g/mol. The number of rotatable bonds is 18. The summed E-state index contributed by atoms with van der Waals surface area (Å²) in [6.45, 7) is 4.23. The Hall–Kier alpha value is -2.58. The van der Waals surface area contributed by atoms with Gasteiger partial charge in [-0.15, -0.1) is 4.73 Å². The van der Waals surface area contributed by atoms with E-state index in [4.69, 9.17) is 23.8 Å². The second-order valence-corrected chi connectivity index (χ2v) is 11.9. The molecular weight excluding hydrogens is 628 g/mol. The molecule has 2 aliphatic heterocycles. The first-order valence-corrected chi connectivity index (χ1v) is 16.0. The van der Waals surface area contributed by atoms with Crippen molar-refractivity contribution < 1.29 is 74.2 Å². The van der Waals surface area contributed by atoms with E-state index < -0.39 is 79.1 Å². The summed E-state index contributed by atoms with van der Waals surface area (Å²) >= 11 is 0. The molecule has 17 heteroatoms. The summed E-state index contributed by atoms with van der Waals surface area (Å²) in [7, 11) is 0. The lowest BCUT2D eigenvalue weighted by molar-refractivity contribution is -0.293. The normalized spacial score (nSPS) is 31.1. The minimum Gasteiger partial charge on any atom is -0.492 e. The Bertz CT molecular complexity index is 1040. The van der Waals surface area contributed by atoms with Crippen LogP contribution in [0.2, 0.25) is 0 Å². The Morgan fingerprint density at radius 3 is 1.60 bits per heavy atom. The van der Waals surface area contributed by atoms with Gasteiger partial charge >= 0.3 is 5.97 Å². The molecule has 1 amide bonds. The molecule has 0 bridgehead atoms.